The van der Waals surface area contributed by atoms with Crippen LogP contribution in [0, 0.1) is 12.7 Å². The highest BCUT2D eigenvalue weighted by Crippen LogP contribution is 2.18. The minimum Gasteiger partial charge on any atom is -0.311 e. The molecule has 0 amide bonds. The molecular weight excluding hydrogens is 267 g/mol. The molecule has 0 aliphatic rings. The van der Waals surface area contributed by atoms with Crippen molar-refractivity contribution < 1.29 is 4.39 Å². The fourth-order valence-corrected chi connectivity index (χ4v) is 2.39. The van der Waals surface area contributed by atoms with Crippen LogP contribution in [-0.2, 0) is 6.54 Å². The van der Waals surface area contributed by atoms with Gasteiger partial charge in [0.15, 0.2) is 0 Å². The van der Waals surface area contributed by atoms with Crippen LogP contribution < -0.4 is 10.9 Å². The Balaban J connectivity index is 2.33. The average molecular weight is 288 g/mol. The number of aryl methyl sites for hydroxylation is 1. The molecule has 0 aliphatic heterocycles. The van der Waals surface area contributed by atoms with Gasteiger partial charge in [0.2, 0.25) is 0 Å². The van der Waals surface area contributed by atoms with Gasteiger partial charge in [-0.3, -0.25) is 4.79 Å². The molecule has 1 unspecified atom stereocenters. The highest BCUT2D eigenvalue weighted by atomic mass is 19.1. The van der Waals surface area contributed by atoms with Crippen LogP contribution in [0.15, 0.2) is 47.3 Å². The molecule has 1 aromatic carbocycles. The van der Waals surface area contributed by atoms with Gasteiger partial charge in [0.05, 0.1) is 6.04 Å². The van der Waals surface area contributed by atoms with Gasteiger partial charge in [0, 0.05) is 23.9 Å². The number of halogens is 1. The van der Waals surface area contributed by atoms with Crippen LogP contribution in [0.5, 0.6) is 0 Å². The first-order valence-electron chi connectivity index (χ1n) is 7.27. The van der Waals surface area contributed by atoms with E-state index in [0.29, 0.717) is 12.1 Å². The first-order valence-corrected chi connectivity index (χ1v) is 7.27. The summed E-state index contributed by atoms with van der Waals surface area (Å²) in [6.07, 6.45) is 0.952. The largest absolute Gasteiger partial charge is 0.311 e. The zero-order chi connectivity index (χ0) is 15.2. The summed E-state index contributed by atoms with van der Waals surface area (Å²) in [4.78, 5) is 12.0. The molecule has 0 fully saturated rings. The summed E-state index contributed by atoms with van der Waals surface area (Å²) in [5.41, 5.74) is 1.41. The predicted molar refractivity (Wildman–Crippen MR) is 82.9 cm³/mol. The summed E-state index contributed by atoms with van der Waals surface area (Å²) in [7, 11) is 0. The summed E-state index contributed by atoms with van der Waals surface area (Å²) < 4.78 is 15.7. The highest BCUT2D eigenvalue weighted by Gasteiger charge is 2.16. The molecule has 2 aromatic rings. The fourth-order valence-electron chi connectivity index (χ4n) is 2.39. The Bertz CT molecular complexity index is 651. The van der Waals surface area contributed by atoms with E-state index in [2.05, 4.69) is 12.2 Å². The summed E-state index contributed by atoms with van der Waals surface area (Å²) >= 11 is 0. The topological polar surface area (TPSA) is 34.0 Å². The lowest BCUT2D eigenvalue weighted by Gasteiger charge is -2.22. The van der Waals surface area contributed by atoms with Crippen molar-refractivity contribution in [2.75, 3.05) is 6.54 Å². The van der Waals surface area contributed by atoms with Crippen molar-refractivity contribution in [2.24, 2.45) is 0 Å². The first-order chi connectivity index (χ1) is 10.1. The van der Waals surface area contributed by atoms with E-state index in [1.165, 1.54) is 12.1 Å². The van der Waals surface area contributed by atoms with Gasteiger partial charge in [-0.05, 0) is 32.0 Å². The van der Waals surface area contributed by atoms with Crippen LogP contribution in [0.3, 0.4) is 0 Å². The quantitative estimate of drug-likeness (QED) is 0.886. The number of aromatic nitrogens is 1. The number of hydrogen-bond donors (Lipinski definition) is 1. The molecule has 0 saturated heterocycles. The predicted octanol–water partition coefficient (Wildman–Crippen LogP) is 3.04. The van der Waals surface area contributed by atoms with E-state index in [1.54, 1.807) is 22.8 Å². The molecule has 1 heterocycles. The molecule has 1 N–H and O–H groups in total. The van der Waals surface area contributed by atoms with E-state index in [4.69, 9.17) is 0 Å². The third-order valence-corrected chi connectivity index (χ3v) is 3.55. The lowest BCUT2D eigenvalue weighted by atomic mass is 10.1. The summed E-state index contributed by atoms with van der Waals surface area (Å²) in [5, 5.41) is 3.33. The molecule has 4 heteroatoms. The average Bonchev–Trinajstić information content (AvgIpc) is 2.47. The second kappa shape index (κ2) is 7.18. The van der Waals surface area contributed by atoms with Crippen molar-refractivity contribution in [3.05, 3.63) is 69.9 Å². The van der Waals surface area contributed by atoms with Gasteiger partial charge in [0.25, 0.3) is 5.56 Å². The lowest BCUT2D eigenvalue weighted by molar-refractivity contribution is 0.434. The molecule has 2 rings (SSSR count). The minimum absolute atomic E-state index is 0.0605. The van der Waals surface area contributed by atoms with Crippen LogP contribution in [0.2, 0.25) is 0 Å². The normalized spacial score (nSPS) is 12.3. The Morgan fingerprint density at radius 2 is 1.95 bits per heavy atom. The maximum absolute atomic E-state index is 14.0. The van der Waals surface area contributed by atoms with E-state index in [1.807, 2.05) is 19.1 Å². The monoisotopic (exact) mass is 288 g/mol. The molecule has 0 spiro atoms. The Labute approximate surface area is 124 Å². The Hall–Kier alpha value is -1.94. The summed E-state index contributed by atoms with van der Waals surface area (Å²) in [6, 6.07) is 11.7. The molecule has 0 bridgehead atoms. The van der Waals surface area contributed by atoms with Crippen molar-refractivity contribution in [2.45, 2.75) is 32.9 Å². The van der Waals surface area contributed by atoms with E-state index in [-0.39, 0.29) is 17.4 Å². The fraction of sp³-hybridized carbons (Fsp3) is 0.353. The van der Waals surface area contributed by atoms with E-state index < -0.39 is 0 Å². The zero-order valence-corrected chi connectivity index (χ0v) is 12.5. The van der Waals surface area contributed by atoms with Crippen LogP contribution in [0.4, 0.5) is 4.39 Å². The molecule has 112 valence electrons. The summed E-state index contributed by atoms with van der Waals surface area (Å²) in [6.45, 7) is 5.15. The molecule has 3 nitrogen and oxygen atoms in total. The number of pyridine rings is 1. The number of hydrogen-bond acceptors (Lipinski definition) is 2. The van der Waals surface area contributed by atoms with Crippen molar-refractivity contribution >= 4 is 0 Å². The maximum Gasteiger partial charge on any atom is 0.250 e. The minimum atomic E-state index is -0.243. The second-order valence-corrected chi connectivity index (χ2v) is 5.14. The zero-order valence-electron chi connectivity index (χ0n) is 12.5. The van der Waals surface area contributed by atoms with Gasteiger partial charge in [-0.1, -0.05) is 31.2 Å². The first kappa shape index (κ1) is 15.4. The number of nitrogens with zero attached hydrogens (tertiary/aromatic N) is 1. The third-order valence-electron chi connectivity index (χ3n) is 3.55. The lowest BCUT2D eigenvalue weighted by Crippen LogP contribution is -2.32. The van der Waals surface area contributed by atoms with E-state index in [9.17, 15) is 9.18 Å². The summed E-state index contributed by atoms with van der Waals surface area (Å²) in [5.74, 6) is -0.243. The smallest absolute Gasteiger partial charge is 0.250 e. The van der Waals surface area contributed by atoms with Gasteiger partial charge in [0.1, 0.15) is 5.82 Å². The van der Waals surface area contributed by atoms with E-state index in [0.717, 1.165) is 18.7 Å². The Kier molecular flexibility index (Phi) is 5.28. The van der Waals surface area contributed by atoms with Gasteiger partial charge < -0.3 is 9.88 Å². The maximum atomic E-state index is 14.0. The molecule has 0 radical (unpaired) electrons. The van der Waals surface area contributed by atoms with Crippen molar-refractivity contribution in [1.82, 2.24) is 9.88 Å². The van der Waals surface area contributed by atoms with Crippen LogP contribution in [-0.4, -0.2) is 11.1 Å². The van der Waals surface area contributed by atoms with Crippen LogP contribution in [0.1, 0.15) is 30.6 Å². The SMILES string of the molecule is CCCNC(Cn1c(C)cccc1=O)c1ccccc1F. The molecule has 21 heavy (non-hydrogen) atoms. The second-order valence-electron chi connectivity index (χ2n) is 5.14. The van der Waals surface area contributed by atoms with Gasteiger partial charge >= 0.3 is 0 Å². The molecule has 1 aromatic heterocycles. The molecule has 0 saturated carbocycles. The van der Waals surface area contributed by atoms with Gasteiger partial charge in [-0.25, -0.2) is 4.39 Å². The number of nitrogens with one attached hydrogen (secondary N) is 1. The Morgan fingerprint density at radius 1 is 1.19 bits per heavy atom. The van der Waals surface area contributed by atoms with Gasteiger partial charge in [-0.15, -0.1) is 0 Å². The van der Waals surface area contributed by atoms with Crippen molar-refractivity contribution in [3.8, 4) is 0 Å². The van der Waals surface area contributed by atoms with Crippen molar-refractivity contribution in [1.29, 1.82) is 0 Å². The molecular formula is C17H21FN2O. The van der Waals surface area contributed by atoms with Gasteiger partial charge in [-0.2, -0.15) is 0 Å². The third kappa shape index (κ3) is 3.79. The Morgan fingerprint density at radius 3 is 2.62 bits per heavy atom. The highest BCUT2D eigenvalue weighted by molar-refractivity contribution is 5.21. The number of rotatable bonds is 6. The molecule has 0 aliphatic carbocycles. The van der Waals surface area contributed by atoms with Crippen molar-refractivity contribution in [3.63, 3.8) is 0 Å². The van der Waals surface area contributed by atoms with Crippen LogP contribution >= 0.6 is 0 Å². The number of benzene rings is 1. The van der Waals surface area contributed by atoms with Crippen LogP contribution in [0.25, 0.3) is 0 Å². The molecule has 1 atom stereocenters. The standard InChI is InChI=1S/C17H21FN2O/c1-3-11-19-16(14-8-4-5-9-15(14)18)12-20-13(2)7-6-10-17(20)21/h4-10,16,19H,3,11-12H2,1-2H3. The van der Waals surface area contributed by atoms with E-state index >= 15 is 0 Å².